The Balaban J connectivity index is 1.45. The number of thioether (sulfide) groups is 1. The third-order valence-corrected chi connectivity index (χ3v) is 7.60. The molecule has 1 aliphatic rings. The van der Waals surface area contributed by atoms with Crippen molar-refractivity contribution in [3.8, 4) is 5.75 Å². The van der Waals surface area contributed by atoms with Crippen LogP contribution in [0.25, 0.3) is 10.8 Å². The Kier molecular flexibility index (Phi) is 6.36. The van der Waals surface area contributed by atoms with E-state index >= 15 is 0 Å². The fourth-order valence-corrected chi connectivity index (χ4v) is 5.41. The van der Waals surface area contributed by atoms with Gasteiger partial charge in [0.05, 0.1) is 11.5 Å². The molecule has 0 aromatic heterocycles. The molecule has 0 saturated carbocycles. The second-order valence-electron chi connectivity index (χ2n) is 8.83. The van der Waals surface area contributed by atoms with E-state index in [0.717, 1.165) is 31.9 Å². The number of rotatable bonds is 6. The minimum Gasteiger partial charge on any atom is -0.511 e. The summed E-state index contributed by atoms with van der Waals surface area (Å²) in [6, 6.07) is 30.7. The van der Waals surface area contributed by atoms with Crippen LogP contribution in [0.4, 0.5) is 0 Å². The molecule has 0 bridgehead atoms. The molecule has 1 heterocycles. The van der Waals surface area contributed by atoms with Gasteiger partial charge in [0.25, 0.3) is 0 Å². The quantitative estimate of drug-likeness (QED) is 0.314. The SMILES string of the molecule is Cc1ccc(C)c(SC2=C(O)CC(COc3cccc4ccccc34)(c3ccccc3)OC2)c1. The van der Waals surface area contributed by atoms with Gasteiger partial charge in [0.15, 0.2) is 0 Å². The largest absolute Gasteiger partial charge is 0.511 e. The van der Waals surface area contributed by atoms with Gasteiger partial charge in [0, 0.05) is 16.7 Å². The maximum absolute atomic E-state index is 11.2. The van der Waals surface area contributed by atoms with Crippen LogP contribution in [0.15, 0.2) is 107 Å². The molecule has 0 spiro atoms. The predicted molar refractivity (Wildman–Crippen MR) is 140 cm³/mol. The molecule has 4 aromatic rings. The van der Waals surface area contributed by atoms with Gasteiger partial charge in [0.1, 0.15) is 23.7 Å². The van der Waals surface area contributed by atoms with E-state index < -0.39 is 5.60 Å². The average molecular weight is 469 g/mol. The van der Waals surface area contributed by atoms with Gasteiger partial charge in [-0.3, -0.25) is 0 Å². The zero-order valence-electron chi connectivity index (χ0n) is 19.5. The number of aliphatic hydroxyl groups is 1. The van der Waals surface area contributed by atoms with Crippen molar-refractivity contribution < 1.29 is 14.6 Å². The highest BCUT2D eigenvalue weighted by Gasteiger charge is 2.40. The monoisotopic (exact) mass is 468 g/mol. The molecule has 0 aliphatic carbocycles. The van der Waals surface area contributed by atoms with Gasteiger partial charge in [0.2, 0.25) is 0 Å². The number of fused-ring (bicyclic) bond motifs is 1. The third-order valence-electron chi connectivity index (χ3n) is 6.34. The van der Waals surface area contributed by atoms with Gasteiger partial charge in [-0.1, -0.05) is 90.6 Å². The number of benzene rings is 4. The van der Waals surface area contributed by atoms with E-state index in [4.69, 9.17) is 9.47 Å². The molecule has 172 valence electrons. The summed E-state index contributed by atoms with van der Waals surface area (Å²) in [7, 11) is 0. The molecule has 4 heteroatoms. The second-order valence-corrected chi connectivity index (χ2v) is 9.97. The highest BCUT2D eigenvalue weighted by Crippen LogP contribution is 2.43. The standard InChI is InChI=1S/C30H28O3S/c1-21-15-16-22(2)28(17-21)34-29-19-33-30(18-26(29)31,24-11-4-3-5-12-24)20-32-27-14-8-10-23-9-6-7-13-25(23)27/h3-17,31H,18-20H2,1-2H3. The number of aryl methyl sites for hydroxylation is 2. The highest BCUT2D eigenvalue weighted by atomic mass is 32.2. The van der Waals surface area contributed by atoms with Gasteiger partial charge in [-0.2, -0.15) is 0 Å². The van der Waals surface area contributed by atoms with Crippen LogP contribution < -0.4 is 4.74 Å². The minimum absolute atomic E-state index is 0.302. The number of hydrogen-bond donors (Lipinski definition) is 1. The van der Waals surface area contributed by atoms with Crippen LogP contribution in [-0.4, -0.2) is 18.3 Å². The van der Waals surface area contributed by atoms with E-state index in [0.29, 0.717) is 25.4 Å². The molecule has 5 rings (SSSR count). The summed E-state index contributed by atoms with van der Waals surface area (Å²) in [6.45, 7) is 4.81. The lowest BCUT2D eigenvalue weighted by atomic mass is 9.88. The van der Waals surface area contributed by atoms with Crippen molar-refractivity contribution in [2.24, 2.45) is 0 Å². The predicted octanol–water partition coefficient (Wildman–Crippen LogP) is 7.71. The lowest BCUT2D eigenvalue weighted by molar-refractivity contribution is -0.0832. The van der Waals surface area contributed by atoms with Gasteiger partial charge in [-0.05, 0) is 48.1 Å². The lowest BCUT2D eigenvalue weighted by Crippen LogP contribution is -2.40. The summed E-state index contributed by atoms with van der Waals surface area (Å²) >= 11 is 1.59. The minimum atomic E-state index is -0.770. The number of ether oxygens (including phenoxy) is 2. The Hall–Kier alpha value is -3.21. The molecule has 0 fully saturated rings. The molecule has 3 nitrogen and oxygen atoms in total. The molecule has 1 N–H and O–H groups in total. The molecule has 34 heavy (non-hydrogen) atoms. The van der Waals surface area contributed by atoms with Crippen molar-refractivity contribution in [3.05, 3.63) is 118 Å². The maximum Gasteiger partial charge on any atom is 0.134 e. The molecule has 4 aromatic carbocycles. The second kappa shape index (κ2) is 9.57. The zero-order chi connectivity index (χ0) is 23.5. The first-order valence-corrected chi connectivity index (χ1v) is 12.3. The Morgan fingerprint density at radius 1 is 0.912 bits per heavy atom. The molecular weight excluding hydrogens is 440 g/mol. The Labute approximate surface area is 205 Å². The molecule has 0 radical (unpaired) electrons. The fraction of sp³-hybridized carbons (Fsp3) is 0.200. The molecule has 1 unspecified atom stereocenters. The number of aliphatic hydroxyl groups excluding tert-OH is 1. The van der Waals surface area contributed by atoms with E-state index in [9.17, 15) is 5.11 Å². The molecule has 0 amide bonds. The van der Waals surface area contributed by atoms with E-state index in [1.165, 1.54) is 11.1 Å². The van der Waals surface area contributed by atoms with Crippen LogP contribution in [0, 0.1) is 13.8 Å². The molecule has 1 aliphatic heterocycles. The van der Waals surface area contributed by atoms with Crippen LogP contribution >= 0.6 is 11.8 Å². The normalized spacial score (nSPS) is 18.3. The third kappa shape index (κ3) is 4.56. The van der Waals surface area contributed by atoms with Crippen molar-refractivity contribution in [2.45, 2.75) is 30.8 Å². The van der Waals surface area contributed by atoms with Crippen molar-refractivity contribution in [2.75, 3.05) is 13.2 Å². The van der Waals surface area contributed by atoms with Crippen LogP contribution in [0.3, 0.4) is 0 Å². The first-order chi connectivity index (χ1) is 16.5. The van der Waals surface area contributed by atoms with E-state index in [2.05, 4.69) is 50.2 Å². The lowest BCUT2D eigenvalue weighted by Gasteiger charge is -2.38. The summed E-state index contributed by atoms with van der Waals surface area (Å²) in [5.74, 6) is 1.18. The van der Waals surface area contributed by atoms with Crippen LogP contribution in [-0.2, 0) is 10.3 Å². The molecular formula is C30H28O3S. The van der Waals surface area contributed by atoms with E-state index in [-0.39, 0.29) is 0 Å². The van der Waals surface area contributed by atoms with Gasteiger partial charge < -0.3 is 14.6 Å². The summed E-state index contributed by atoms with van der Waals surface area (Å²) in [5.41, 5.74) is 2.62. The van der Waals surface area contributed by atoms with Gasteiger partial charge in [-0.15, -0.1) is 0 Å². The first kappa shape index (κ1) is 22.6. The van der Waals surface area contributed by atoms with Gasteiger partial charge >= 0.3 is 0 Å². The summed E-state index contributed by atoms with van der Waals surface area (Å²) in [5, 5.41) is 13.4. The number of hydrogen-bond acceptors (Lipinski definition) is 4. The van der Waals surface area contributed by atoms with Crippen molar-refractivity contribution in [3.63, 3.8) is 0 Å². The van der Waals surface area contributed by atoms with Crippen LogP contribution in [0.1, 0.15) is 23.1 Å². The summed E-state index contributed by atoms with van der Waals surface area (Å²) in [6.07, 6.45) is 0.356. The molecule has 1 atom stereocenters. The Bertz CT molecular complexity index is 1340. The Morgan fingerprint density at radius 3 is 2.50 bits per heavy atom. The van der Waals surface area contributed by atoms with E-state index in [1.54, 1.807) is 11.8 Å². The smallest absolute Gasteiger partial charge is 0.134 e. The topological polar surface area (TPSA) is 38.7 Å². The molecule has 0 saturated heterocycles. The van der Waals surface area contributed by atoms with E-state index in [1.807, 2.05) is 54.6 Å². The van der Waals surface area contributed by atoms with Gasteiger partial charge in [-0.25, -0.2) is 0 Å². The zero-order valence-corrected chi connectivity index (χ0v) is 20.3. The van der Waals surface area contributed by atoms with Crippen molar-refractivity contribution >= 4 is 22.5 Å². The van der Waals surface area contributed by atoms with Crippen molar-refractivity contribution in [1.82, 2.24) is 0 Å². The van der Waals surface area contributed by atoms with Crippen LogP contribution in [0.2, 0.25) is 0 Å². The summed E-state index contributed by atoms with van der Waals surface area (Å²) in [4.78, 5) is 2.00. The van der Waals surface area contributed by atoms with Crippen LogP contribution in [0.5, 0.6) is 5.75 Å². The Morgan fingerprint density at radius 2 is 1.68 bits per heavy atom. The van der Waals surface area contributed by atoms with Crippen molar-refractivity contribution in [1.29, 1.82) is 0 Å². The fourth-order valence-electron chi connectivity index (χ4n) is 4.36. The average Bonchev–Trinajstić information content (AvgIpc) is 2.87. The first-order valence-electron chi connectivity index (χ1n) is 11.5. The summed E-state index contributed by atoms with van der Waals surface area (Å²) < 4.78 is 12.9. The highest BCUT2D eigenvalue weighted by molar-refractivity contribution is 8.03. The maximum atomic E-state index is 11.2.